The lowest BCUT2D eigenvalue weighted by Gasteiger charge is -2.21. The molecular formula is C18H22N2O3. The van der Waals surface area contributed by atoms with Crippen molar-refractivity contribution in [3.05, 3.63) is 65.7 Å². The Kier molecular flexibility index (Phi) is 6.14. The maximum Gasteiger partial charge on any atom is 0.248 e. The summed E-state index contributed by atoms with van der Waals surface area (Å²) in [4.78, 5) is 13.0. The second kappa shape index (κ2) is 8.31. The van der Waals surface area contributed by atoms with Gasteiger partial charge in [0, 0.05) is 18.7 Å². The summed E-state index contributed by atoms with van der Waals surface area (Å²) < 4.78 is 5.52. The average Bonchev–Trinajstić information content (AvgIpc) is 2.54. The third kappa shape index (κ3) is 5.73. The van der Waals surface area contributed by atoms with Crippen LogP contribution in [0.2, 0.25) is 0 Å². The van der Waals surface area contributed by atoms with Gasteiger partial charge in [-0.05, 0) is 36.9 Å². The lowest BCUT2D eigenvalue weighted by atomic mass is 10.2. The van der Waals surface area contributed by atoms with Gasteiger partial charge < -0.3 is 15.6 Å². The van der Waals surface area contributed by atoms with E-state index in [-0.39, 0.29) is 6.61 Å². The van der Waals surface area contributed by atoms with Crippen LogP contribution in [0.25, 0.3) is 0 Å². The van der Waals surface area contributed by atoms with Crippen molar-refractivity contribution < 1.29 is 14.6 Å². The van der Waals surface area contributed by atoms with Crippen molar-refractivity contribution in [3.8, 4) is 5.75 Å². The normalized spacial score (nSPS) is 12.1. The summed E-state index contributed by atoms with van der Waals surface area (Å²) in [5.74, 6) is 0.124. The van der Waals surface area contributed by atoms with Gasteiger partial charge in [-0.15, -0.1) is 0 Å². The number of hydrogen-bond donors (Lipinski definition) is 2. The molecule has 1 atom stereocenters. The molecule has 1 amide bonds. The lowest BCUT2D eigenvalue weighted by molar-refractivity contribution is 0.0743. The van der Waals surface area contributed by atoms with Crippen molar-refractivity contribution in [3.63, 3.8) is 0 Å². The maximum atomic E-state index is 11.0. The molecule has 0 aliphatic rings. The van der Waals surface area contributed by atoms with Gasteiger partial charge in [0.15, 0.2) is 0 Å². The van der Waals surface area contributed by atoms with Crippen LogP contribution in [0, 0.1) is 0 Å². The Morgan fingerprint density at radius 3 is 2.43 bits per heavy atom. The highest BCUT2D eigenvalue weighted by Gasteiger charge is 2.10. The monoisotopic (exact) mass is 314 g/mol. The highest BCUT2D eigenvalue weighted by Crippen LogP contribution is 2.12. The molecule has 0 saturated carbocycles. The van der Waals surface area contributed by atoms with Crippen molar-refractivity contribution in [2.45, 2.75) is 12.6 Å². The first-order valence-corrected chi connectivity index (χ1v) is 7.48. The van der Waals surface area contributed by atoms with Gasteiger partial charge in [0.2, 0.25) is 5.91 Å². The molecule has 23 heavy (non-hydrogen) atoms. The predicted molar refractivity (Wildman–Crippen MR) is 89.2 cm³/mol. The number of carbonyl (C=O) groups is 1. The van der Waals surface area contributed by atoms with Gasteiger partial charge in [-0.25, -0.2) is 0 Å². The van der Waals surface area contributed by atoms with E-state index in [0.717, 1.165) is 6.54 Å². The number of likely N-dealkylation sites (N-methyl/N-ethyl adjacent to an activating group) is 1. The van der Waals surface area contributed by atoms with Crippen molar-refractivity contribution in [1.82, 2.24) is 4.90 Å². The van der Waals surface area contributed by atoms with Crippen LogP contribution in [0.15, 0.2) is 54.6 Å². The topological polar surface area (TPSA) is 75.8 Å². The number of nitrogens with zero attached hydrogens (tertiary/aromatic N) is 1. The summed E-state index contributed by atoms with van der Waals surface area (Å²) in [6.07, 6.45) is -0.598. The number of benzene rings is 2. The molecule has 0 fully saturated rings. The number of amides is 1. The number of aliphatic hydroxyl groups is 1. The van der Waals surface area contributed by atoms with E-state index < -0.39 is 12.0 Å². The van der Waals surface area contributed by atoms with E-state index in [9.17, 15) is 9.90 Å². The molecule has 0 saturated heterocycles. The first-order valence-electron chi connectivity index (χ1n) is 7.48. The van der Waals surface area contributed by atoms with E-state index in [4.69, 9.17) is 10.5 Å². The van der Waals surface area contributed by atoms with Gasteiger partial charge in [0.25, 0.3) is 0 Å². The van der Waals surface area contributed by atoms with Crippen LogP contribution in [0.1, 0.15) is 15.9 Å². The zero-order valence-corrected chi connectivity index (χ0v) is 13.2. The molecular weight excluding hydrogens is 292 g/mol. The third-order valence-electron chi connectivity index (χ3n) is 3.40. The zero-order valence-electron chi connectivity index (χ0n) is 13.2. The van der Waals surface area contributed by atoms with Crippen LogP contribution < -0.4 is 10.5 Å². The first kappa shape index (κ1) is 17.0. The summed E-state index contributed by atoms with van der Waals surface area (Å²) >= 11 is 0. The highest BCUT2D eigenvalue weighted by atomic mass is 16.5. The number of aliphatic hydroxyl groups excluding tert-OH is 1. The van der Waals surface area contributed by atoms with Crippen LogP contribution in [-0.4, -0.2) is 42.2 Å². The quantitative estimate of drug-likeness (QED) is 0.777. The Bertz CT molecular complexity index is 614. The molecule has 2 aromatic carbocycles. The predicted octanol–water partition coefficient (Wildman–Crippen LogP) is 1.66. The molecule has 5 heteroatoms. The highest BCUT2D eigenvalue weighted by molar-refractivity contribution is 5.92. The van der Waals surface area contributed by atoms with Crippen molar-refractivity contribution in [2.24, 2.45) is 5.73 Å². The molecule has 5 nitrogen and oxygen atoms in total. The Hall–Kier alpha value is -2.37. The van der Waals surface area contributed by atoms with E-state index in [1.54, 1.807) is 24.3 Å². The zero-order chi connectivity index (χ0) is 16.7. The van der Waals surface area contributed by atoms with Gasteiger partial charge in [-0.1, -0.05) is 30.3 Å². The second-order valence-electron chi connectivity index (χ2n) is 5.54. The molecule has 0 aromatic heterocycles. The van der Waals surface area contributed by atoms with E-state index in [0.29, 0.717) is 17.9 Å². The molecule has 0 spiro atoms. The largest absolute Gasteiger partial charge is 0.491 e. The molecule has 0 aliphatic heterocycles. The molecule has 1 unspecified atom stereocenters. The minimum atomic E-state index is -0.598. The van der Waals surface area contributed by atoms with Crippen molar-refractivity contribution in [2.75, 3.05) is 20.2 Å². The van der Waals surface area contributed by atoms with Crippen molar-refractivity contribution in [1.29, 1.82) is 0 Å². The first-order chi connectivity index (χ1) is 11.0. The minimum Gasteiger partial charge on any atom is -0.491 e. The molecule has 0 aliphatic carbocycles. The number of nitrogens with two attached hydrogens (primary N) is 1. The van der Waals surface area contributed by atoms with E-state index >= 15 is 0 Å². The van der Waals surface area contributed by atoms with Gasteiger partial charge >= 0.3 is 0 Å². The Morgan fingerprint density at radius 2 is 1.83 bits per heavy atom. The average molecular weight is 314 g/mol. The summed E-state index contributed by atoms with van der Waals surface area (Å²) in [5.41, 5.74) is 6.81. The minimum absolute atomic E-state index is 0.190. The Labute approximate surface area is 136 Å². The molecule has 0 heterocycles. The summed E-state index contributed by atoms with van der Waals surface area (Å²) in [5, 5.41) is 10.1. The molecule has 0 radical (unpaired) electrons. The SMILES string of the molecule is CN(Cc1ccccc1)CC(O)COc1ccc(C(N)=O)cc1. The van der Waals surface area contributed by atoms with Crippen LogP contribution in [-0.2, 0) is 6.54 Å². The molecule has 0 bridgehead atoms. The number of rotatable bonds is 8. The van der Waals surface area contributed by atoms with E-state index in [1.165, 1.54) is 5.56 Å². The Balaban J connectivity index is 1.76. The fourth-order valence-electron chi connectivity index (χ4n) is 2.28. The molecule has 122 valence electrons. The van der Waals surface area contributed by atoms with E-state index in [1.807, 2.05) is 30.1 Å². The van der Waals surface area contributed by atoms with E-state index in [2.05, 4.69) is 12.1 Å². The van der Waals surface area contributed by atoms with Gasteiger partial charge in [-0.2, -0.15) is 0 Å². The molecule has 3 N–H and O–H groups in total. The summed E-state index contributed by atoms with van der Waals surface area (Å²) in [6.45, 7) is 1.47. The van der Waals surface area contributed by atoms with Crippen LogP contribution >= 0.6 is 0 Å². The summed E-state index contributed by atoms with van der Waals surface area (Å²) in [7, 11) is 1.96. The molecule has 2 rings (SSSR count). The number of hydrogen-bond acceptors (Lipinski definition) is 4. The number of carbonyl (C=O) groups excluding carboxylic acids is 1. The van der Waals surface area contributed by atoms with Crippen LogP contribution in [0.5, 0.6) is 5.75 Å². The maximum absolute atomic E-state index is 11.0. The lowest BCUT2D eigenvalue weighted by Crippen LogP contribution is -2.32. The fourth-order valence-corrected chi connectivity index (χ4v) is 2.28. The fraction of sp³-hybridized carbons (Fsp3) is 0.278. The van der Waals surface area contributed by atoms with Crippen LogP contribution in [0.3, 0.4) is 0 Å². The smallest absolute Gasteiger partial charge is 0.248 e. The third-order valence-corrected chi connectivity index (χ3v) is 3.40. The van der Waals surface area contributed by atoms with Gasteiger partial charge in [0.05, 0.1) is 0 Å². The van der Waals surface area contributed by atoms with Crippen LogP contribution in [0.4, 0.5) is 0 Å². The summed E-state index contributed by atoms with van der Waals surface area (Å²) in [6, 6.07) is 16.6. The van der Waals surface area contributed by atoms with Gasteiger partial charge in [0.1, 0.15) is 18.5 Å². The van der Waals surface area contributed by atoms with Gasteiger partial charge in [-0.3, -0.25) is 9.69 Å². The number of primary amides is 1. The number of ether oxygens (including phenoxy) is 1. The van der Waals surface area contributed by atoms with Crippen molar-refractivity contribution >= 4 is 5.91 Å². The molecule has 2 aromatic rings. The Morgan fingerprint density at radius 1 is 1.17 bits per heavy atom. The standard InChI is InChI=1S/C18H22N2O3/c1-20(11-14-5-3-2-4-6-14)12-16(21)13-23-17-9-7-15(8-10-17)18(19)22/h2-10,16,21H,11-13H2,1H3,(H2,19,22). The second-order valence-corrected chi connectivity index (χ2v) is 5.54.